The summed E-state index contributed by atoms with van der Waals surface area (Å²) in [4.78, 5) is 52.9. The predicted molar refractivity (Wildman–Crippen MR) is 121 cm³/mol. The van der Waals surface area contributed by atoms with Gasteiger partial charge in [0.25, 0.3) is 5.78 Å². The minimum Gasteiger partial charge on any atom is -0.378 e. The fourth-order valence-electron chi connectivity index (χ4n) is 3.00. The number of hydrogen-bond donors (Lipinski definition) is 3. The van der Waals surface area contributed by atoms with Gasteiger partial charge in [-0.1, -0.05) is 24.3 Å². The van der Waals surface area contributed by atoms with Crippen LogP contribution in [0.4, 0.5) is 5.69 Å². The van der Waals surface area contributed by atoms with Gasteiger partial charge in [-0.25, -0.2) is 0 Å². The largest absolute Gasteiger partial charge is 0.378 e. The first-order valence-corrected chi connectivity index (χ1v) is 10.3. The third-order valence-electron chi connectivity index (χ3n) is 4.42. The number of aliphatic imine (C=N–C) groups is 1. The predicted octanol–water partition coefficient (Wildman–Crippen LogP) is 2.91. The maximum absolute atomic E-state index is 12.8. The molecule has 8 nitrogen and oxygen atoms in total. The van der Waals surface area contributed by atoms with Crippen LogP contribution >= 0.6 is 23.4 Å². The topological polar surface area (TPSA) is 143 Å². The van der Waals surface area contributed by atoms with Gasteiger partial charge in [-0.05, 0) is 43.0 Å². The first-order valence-electron chi connectivity index (χ1n) is 9.03. The van der Waals surface area contributed by atoms with Crippen LogP contribution in [0.25, 0.3) is 0 Å². The number of hydrogen-bond acceptors (Lipinski definition) is 7. The summed E-state index contributed by atoms with van der Waals surface area (Å²) in [6, 6.07) is 11.3. The van der Waals surface area contributed by atoms with Crippen molar-refractivity contribution in [3.63, 3.8) is 0 Å². The monoisotopic (exact) mass is 456 g/mol. The van der Waals surface area contributed by atoms with Crippen LogP contribution in [0, 0.1) is 5.41 Å². The van der Waals surface area contributed by atoms with Crippen LogP contribution in [0.5, 0.6) is 0 Å². The third kappa shape index (κ3) is 4.89. The summed E-state index contributed by atoms with van der Waals surface area (Å²) in [7, 11) is 0. The van der Waals surface area contributed by atoms with Crippen molar-refractivity contribution in [3.05, 3.63) is 65.2 Å². The second-order valence-electron chi connectivity index (χ2n) is 6.62. The molecule has 3 rings (SSSR count). The van der Waals surface area contributed by atoms with E-state index in [1.54, 1.807) is 24.3 Å². The Morgan fingerprint density at radius 1 is 1.06 bits per heavy atom. The molecule has 0 fully saturated rings. The van der Waals surface area contributed by atoms with Crippen molar-refractivity contribution >= 4 is 62.5 Å². The molecule has 4 N–H and O–H groups in total. The number of nitrogens with two attached hydrogens (primary N) is 1. The number of rotatable bonds is 4. The van der Waals surface area contributed by atoms with Crippen LogP contribution in [0.1, 0.15) is 38.0 Å². The lowest BCUT2D eigenvalue weighted by Crippen LogP contribution is -2.46. The van der Waals surface area contributed by atoms with Gasteiger partial charge in [0.05, 0.1) is 5.04 Å². The molecule has 1 amide bonds. The Morgan fingerprint density at radius 2 is 1.65 bits per heavy atom. The van der Waals surface area contributed by atoms with Crippen LogP contribution in [-0.2, 0) is 4.79 Å². The van der Waals surface area contributed by atoms with E-state index in [0.717, 1.165) is 11.8 Å². The second kappa shape index (κ2) is 9.23. The zero-order valence-corrected chi connectivity index (χ0v) is 17.8. The van der Waals surface area contributed by atoms with E-state index < -0.39 is 23.1 Å². The number of amidine groups is 1. The average molecular weight is 457 g/mol. The van der Waals surface area contributed by atoms with Crippen molar-refractivity contribution in [3.8, 4) is 0 Å². The quantitative estimate of drug-likeness (QED) is 0.211. The highest BCUT2D eigenvalue weighted by Crippen LogP contribution is 2.27. The minimum atomic E-state index is -1.09. The molecule has 0 saturated carbocycles. The van der Waals surface area contributed by atoms with Crippen LogP contribution < -0.4 is 11.1 Å². The number of anilines is 1. The highest BCUT2D eigenvalue weighted by molar-refractivity contribution is 8.26. The van der Waals surface area contributed by atoms with Crippen molar-refractivity contribution in [1.29, 1.82) is 5.41 Å². The van der Waals surface area contributed by atoms with Gasteiger partial charge in [0, 0.05) is 22.4 Å². The summed E-state index contributed by atoms with van der Waals surface area (Å²) in [5.41, 5.74) is 6.61. The minimum absolute atomic E-state index is 0.0718. The van der Waals surface area contributed by atoms with Gasteiger partial charge in [0.2, 0.25) is 0 Å². The molecule has 0 bridgehead atoms. The maximum Gasteiger partial charge on any atom is 0.320 e. The van der Waals surface area contributed by atoms with Gasteiger partial charge in [-0.3, -0.25) is 24.6 Å². The summed E-state index contributed by atoms with van der Waals surface area (Å²) in [5.74, 6) is -2.59. The summed E-state index contributed by atoms with van der Waals surface area (Å²) >= 11 is 7.01. The van der Waals surface area contributed by atoms with E-state index >= 15 is 0 Å². The molecule has 158 valence electrons. The molecular weight excluding hydrogens is 440 g/mol. The van der Waals surface area contributed by atoms with Crippen molar-refractivity contribution < 1.29 is 19.2 Å². The van der Waals surface area contributed by atoms with E-state index in [-0.39, 0.29) is 27.3 Å². The maximum atomic E-state index is 12.8. The lowest BCUT2D eigenvalue weighted by Gasteiger charge is -2.28. The van der Waals surface area contributed by atoms with Crippen molar-refractivity contribution in [2.45, 2.75) is 18.3 Å². The Balaban J connectivity index is 1.74. The molecule has 0 aromatic heterocycles. The molecular formula is C21H17ClN4O4S. The van der Waals surface area contributed by atoms with Gasteiger partial charge >= 0.3 is 5.91 Å². The molecule has 10 heteroatoms. The van der Waals surface area contributed by atoms with E-state index in [1.165, 1.54) is 31.2 Å². The molecule has 2 aromatic carbocycles. The fourth-order valence-corrected chi connectivity index (χ4v) is 3.74. The van der Waals surface area contributed by atoms with E-state index in [1.807, 2.05) is 0 Å². The Kier molecular flexibility index (Phi) is 6.67. The van der Waals surface area contributed by atoms with Crippen molar-refractivity contribution in [2.24, 2.45) is 10.7 Å². The molecule has 0 radical (unpaired) electrons. The zero-order chi connectivity index (χ0) is 22.7. The molecule has 2 aromatic rings. The molecule has 2 atom stereocenters. The second-order valence-corrected chi connectivity index (χ2v) is 8.32. The molecule has 0 heterocycles. The van der Waals surface area contributed by atoms with Gasteiger partial charge in [-0.15, -0.1) is 11.6 Å². The Labute approximate surface area is 186 Å². The smallest absolute Gasteiger partial charge is 0.320 e. The summed E-state index contributed by atoms with van der Waals surface area (Å²) in [6.07, 6.45) is 0. The SMILES string of the molecule is CC(=N)SC(N)=NC(=O)C(=O)c1ccc(NC2C(=O)c3ccccc3C(=O)C2Cl)cc1. The molecule has 0 aliphatic heterocycles. The number of carbonyl (C=O) groups excluding carboxylic acids is 4. The number of fused-ring (bicyclic) bond motifs is 1. The van der Waals surface area contributed by atoms with Gasteiger partial charge in [0.15, 0.2) is 16.7 Å². The lowest BCUT2D eigenvalue weighted by atomic mass is 9.85. The molecule has 0 saturated heterocycles. The van der Waals surface area contributed by atoms with Crippen molar-refractivity contribution in [2.75, 3.05) is 5.32 Å². The molecule has 2 unspecified atom stereocenters. The molecule has 1 aliphatic rings. The first kappa shape index (κ1) is 22.4. The van der Waals surface area contributed by atoms with Crippen LogP contribution in [0.2, 0.25) is 0 Å². The number of alkyl halides is 1. The van der Waals surface area contributed by atoms with Gasteiger partial charge in [-0.2, -0.15) is 4.99 Å². The standard InChI is InChI=1S/C21H17ClN4O4S/c1-10(23)31-21(24)26-20(30)17(27)11-6-8-12(9-7-11)25-16-15(22)18(28)13-4-2-3-5-14(13)19(16)29/h2-9,15-16,23,25H,1H3,(H2,24,26,30). The van der Waals surface area contributed by atoms with Gasteiger partial charge < -0.3 is 11.1 Å². The number of thioether (sulfide) groups is 1. The normalized spacial score (nSPS) is 18.3. The highest BCUT2D eigenvalue weighted by Gasteiger charge is 2.40. The number of amides is 1. The summed E-state index contributed by atoms with van der Waals surface area (Å²) in [6.45, 7) is 1.47. The number of Topliss-reactive ketones (excluding diaryl/α,β-unsaturated/α-hetero) is 3. The number of nitrogens with zero attached hydrogens (tertiary/aromatic N) is 1. The third-order valence-corrected chi connectivity index (χ3v) is 5.47. The highest BCUT2D eigenvalue weighted by atomic mass is 35.5. The number of ketones is 3. The molecule has 1 aliphatic carbocycles. The van der Waals surface area contributed by atoms with E-state index in [9.17, 15) is 19.2 Å². The summed E-state index contributed by atoms with van der Waals surface area (Å²) in [5, 5.41) is 9.07. The van der Waals surface area contributed by atoms with Crippen LogP contribution in [0.3, 0.4) is 0 Å². The number of halogens is 1. The van der Waals surface area contributed by atoms with Gasteiger partial charge in [0.1, 0.15) is 11.4 Å². The number of nitrogens with one attached hydrogen (secondary N) is 2. The molecule has 0 spiro atoms. The van der Waals surface area contributed by atoms with Crippen LogP contribution in [-0.4, -0.2) is 44.9 Å². The Morgan fingerprint density at radius 3 is 2.23 bits per heavy atom. The average Bonchev–Trinajstić information content (AvgIpc) is 2.74. The lowest BCUT2D eigenvalue weighted by molar-refractivity contribution is -0.113. The molecule has 31 heavy (non-hydrogen) atoms. The number of carbonyl (C=O) groups is 4. The van der Waals surface area contributed by atoms with Crippen LogP contribution in [0.15, 0.2) is 53.5 Å². The van der Waals surface area contributed by atoms with E-state index in [0.29, 0.717) is 16.8 Å². The zero-order valence-electron chi connectivity index (χ0n) is 16.2. The fraction of sp³-hybridized carbons (Fsp3) is 0.143. The Bertz CT molecular complexity index is 1130. The van der Waals surface area contributed by atoms with E-state index in [4.69, 9.17) is 22.7 Å². The van der Waals surface area contributed by atoms with Crippen molar-refractivity contribution in [1.82, 2.24) is 0 Å². The first-order chi connectivity index (χ1) is 14.7. The Hall–Kier alpha value is -3.30. The number of benzene rings is 2. The summed E-state index contributed by atoms with van der Waals surface area (Å²) < 4.78 is 0. The van der Waals surface area contributed by atoms with E-state index in [2.05, 4.69) is 10.3 Å².